The molecular formula is C21H23N2OS+. The van der Waals surface area contributed by atoms with Crippen molar-refractivity contribution >= 4 is 22.9 Å². The summed E-state index contributed by atoms with van der Waals surface area (Å²) in [4.78, 5) is 15.1. The molecule has 25 heavy (non-hydrogen) atoms. The second-order valence-electron chi connectivity index (χ2n) is 6.00. The highest BCUT2D eigenvalue weighted by atomic mass is 32.1. The molecule has 0 saturated carbocycles. The van der Waals surface area contributed by atoms with Crippen LogP contribution in [0.2, 0.25) is 0 Å². The molecule has 0 radical (unpaired) electrons. The van der Waals surface area contributed by atoms with Crippen molar-refractivity contribution in [2.75, 3.05) is 18.4 Å². The van der Waals surface area contributed by atoms with E-state index >= 15 is 0 Å². The lowest BCUT2D eigenvalue weighted by molar-refractivity contribution is -0.903. The van der Waals surface area contributed by atoms with E-state index in [9.17, 15) is 4.79 Å². The molecule has 3 aromatic rings. The third kappa shape index (κ3) is 4.78. The zero-order chi connectivity index (χ0) is 17.5. The molecule has 0 saturated heterocycles. The Morgan fingerprint density at radius 2 is 1.76 bits per heavy atom. The van der Waals surface area contributed by atoms with Crippen LogP contribution in [0.4, 0.5) is 5.69 Å². The number of carbonyl (C=O) groups is 1. The Morgan fingerprint density at radius 3 is 2.48 bits per heavy atom. The summed E-state index contributed by atoms with van der Waals surface area (Å²) < 4.78 is 0. The lowest BCUT2D eigenvalue weighted by atomic mass is 10.0. The Balaban J connectivity index is 1.69. The fourth-order valence-corrected chi connectivity index (χ4v) is 3.63. The van der Waals surface area contributed by atoms with Crippen molar-refractivity contribution in [1.82, 2.24) is 0 Å². The topological polar surface area (TPSA) is 33.5 Å². The number of anilines is 1. The third-order valence-electron chi connectivity index (χ3n) is 4.20. The van der Waals surface area contributed by atoms with Gasteiger partial charge in [0.2, 0.25) is 0 Å². The maximum Gasteiger partial charge on any atom is 0.279 e. The van der Waals surface area contributed by atoms with Crippen molar-refractivity contribution in [2.24, 2.45) is 0 Å². The van der Waals surface area contributed by atoms with Crippen LogP contribution in [-0.4, -0.2) is 19.0 Å². The number of thiophene rings is 1. The molecular weight excluding hydrogens is 328 g/mol. The van der Waals surface area contributed by atoms with Gasteiger partial charge >= 0.3 is 0 Å². The zero-order valence-electron chi connectivity index (χ0n) is 14.4. The van der Waals surface area contributed by atoms with Gasteiger partial charge in [0.15, 0.2) is 6.54 Å². The lowest BCUT2D eigenvalue weighted by Crippen LogP contribution is -3.11. The Hall–Kier alpha value is -2.43. The first-order valence-electron chi connectivity index (χ1n) is 8.56. The zero-order valence-corrected chi connectivity index (χ0v) is 15.2. The lowest BCUT2D eigenvalue weighted by Gasteiger charge is -2.17. The van der Waals surface area contributed by atoms with Gasteiger partial charge in [-0.2, -0.15) is 0 Å². The fraction of sp³-hybridized carbons (Fsp3) is 0.190. The molecule has 2 aromatic carbocycles. The number of benzene rings is 2. The van der Waals surface area contributed by atoms with Crippen LogP contribution in [0, 0.1) is 0 Å². The average Bonchev–Trinajstić information content (AvgIpc) is 3.15. The number of likely N-dealkylation sites (N-methyl/N-ethyl adjacent to an activating group) is 1. The smallest absolute Gasteiger partial charge is 0.279 e. The Morgan fingerprint density at radius 1 is 1.00 bits per heavy atom. The van der Waals surface area contributed by atoms with Crippen LogP contribution in [0.25, 0.3) is 11.1 Å². The van der Waals surface area contributed by atoms with Crippen LogP contribution in [-0.2, 0) is 11.3 Å². The first-order valence-corrected chi connectivity index (χ1v) is 9.44. The molecule has 0 aliphatic carbocycles. The standard InChI is InChI=1S/C21H22N2OS/c1-2-23(15-18-11-8-14-25-18)16-21(24)22-20-13-7-6-12-19(20)17-9-4-3-5-10-17/h3-14H,2,15-16H2,1H3,(H,22,24)/p+1. The van der Waals surface area contributed by atoms with Crippen molar-refractivity contribution in [3.05, 3.63) is 77.0 Å². The predicted molar refractivity (Wildman–Crippen MR) is 105 cm³/mol. The van der Waals surface area contributed by atoms with E-state index in [-0.39, 0.29) is 5.91 Å². The minimum atomic E-state index is 0.0526. The van der Waals surface area contributed by atoms with E-state index in [0.717, 1.165) is 29.9 Å². The van der Waals surface area contributed by atoms with E-state index in [1.807, 2.05) is 42.5 Å². The van der Waals surface area contributed by atoms with Gasteiger partial charge in [0.05, 0.1) is 11.4 Å². The van der Waals surface area contributed by atoms with Crippen molar-refractivity contribution in [3.63, 3.8) is 0 Å². The molecule has 2 N–H and O–H groups in total. The first kappa shape index (κ1) is 17.4. The molecule has 1 aromatic heterocycles. The number of quaternary nitrogens is 1. The average molecular weight is 351 g/mol. The molecule has 0 bridgehead atoms. The first-order chi connectivity index (χ1) is 12.3. The summed E-state index contributed by atoms with van der Waals surface area (Å²) in [5.41, 5.74) is 3.02. The van der Waals surface area contributed by atoms with Gasteiger partial charge in [0.25, 0.3) is 5.91 Å². The highest BCUT2D eigenvalue weighted by Gasteiger charge is 2.15. The fourth-order valence-electron chi connectivity index (χ4n) is 2.86. The summed E-state index contributed by atoms with van der Waals surface area (Å²) in [5, 5.41) is 5.18. The van der Waals surface area contributed by atoms with E-state index in [4.69, 9.17) is 0 Å². The Bertz CT molecular complexity index is 800. The molecule has 0 aliphatic rings. The molecule has 1 atom stereocenters. The highest BCUT2D eigenvalue weighted by molar-refractivity contribution is 7.09. The SMILES string of the molecule is CC[NH+](CC(=O)Nc1ccccc1-c1ccccc1)Cc1cccs1. The molecule has 4 heteroatoms. The van der Waals surface area contributed by atoms with Crippen LogP contribution in [0.1, 0.15) is 11.8 Å². The van der Waals surface area contributed by atoms with Gasteiger partial charge in [-0.1, -0.05) is 54.6 Å². The quantitative estimate of drug-likeness (QED) is 0.671. The molecule has 128 valence electrons. The van der Waals surface area contributed by atoms with Gasteiger partial charge in [0.1, 0.15) is 6.54 Å². The van der Waals surface area contributed by atoms with E-state index in [1.165, 1.54) is 9.78 Å². The van der Waals surface area contributed by atoms with Gasteiger partial charge < -0.3 is 10.2 Å². The largest absolute Gasteiger partial charge is 0.323 e. The summed E-state index contributed by atoms with van der Waals surface area (Å²) in [6.45, 7) is 4.40. The number of rotatable bonds is 7. The van der Waals surface area contributed by atoms with Crippen molar-refractivity contribution in [2.45, 2.75) is 13.5 Å². The van der Waals surface area contributed by atoms with Crippen LogP contribution in [0.15, 0.2) is 72.1 Å². The number of carbonyl (C=O) groups excluding carboxylic acids is 1. The predicted octanol–water partition coefficient (Wildman–Crippen LogP) is 3.46. The molecule has 1 heterocycles. The second-order valence-corrected chi connectivity index (χ2v) is 7.03. The minimum Gasteiger partial charge on any atom is -0.323 e. The van der Waals surface area contributed by atoms with E-state index < -0.39 is 0 Å². The summed E-state index contributed by atoms with van der Waals surface area (Å²) >= 11 is 1.74. The number of hydrogen-bond donors (Lipinski definition) is 2. The molecule has 1 unspecified atom stereocenters. The Kier molecular flexibility index (Phi) is 5.99. The van der Waals surface area contributed by atoms with Crippen LogP contribution in [0.3, 0.4) is 0 Å². The molecule has 0 aliphatic heterocycles. The van der Waals surface area contributed by atoms with Crippen molar-refractivity contribution in [1.29, 1.82) is 0 Å². The number of para-hydroxylation sites is 1. The van der Waals surface area contributed by atoms with Gasteiger partial charge in [0, 0.05) is 11.3 Å². The number of amides is 1. The van der Waals surface area contributed by atoms with Gasteiger partial charge in [-0.05, 0) is 30.0 Å². The van der Waals surface area contributed by atoms with E-state index in [2.05, 4.69) is 41.9 Å². The van der Waals surface area contributed by atoms with Crippen LogP contribution >= 0.6 is 11.3 Å². The van der Waals surface area contributed by atoms with E-state index in [0.29, 0.717) is 6.54 Å². The molecule has 1 amide bonds. The van der Waals surface area contributed by atoms with Gasteiger partial charge in [-0.25, -0.2) is 0 Å². The highest BCUT2D eigenvalue weighted by Crippen LogP contribution is 2.27. The summed E-state index contributed by atoms with van der Waals surface area (Å²) in [6.07, 6.45) is 0. The summed E-state index contributed by atoms with van der Waals surface area (Å²) in [5.74, 6) is 0.0526. The number of nitrogens with one attached hydrogen (secondary N) is 2. The van der Waals surface area contributed by atoms with Crippen LogP contribution in [0.5, 0.6) is 0 Å². The maximum absolute atomic E-state index is 12.6. The van der Waals surface area contributed by atoms with Crippen molar-refractivity contribution in [3.8, 4) is 11.1 Å². The molecule has 3 nitrogen and oxygen atoms in total. The Labute approximate surface area is 152 Å². The monoisotopic (exact) mass is 351 g/mol. The molecule has 0 fully saturated rings. The summed E-state index contributed by atoms with van der Waals surface area (Å²) in [7, 11) is 0. The van der Waals surface area contributed by atoms with Crippen LogP contribution < -0.4 is 10.2 Å². The molecule has 0 spiro atoms. The normalized spacial score (nSPS) is 11.9. The van der Waals surface area contributed by atoms with Crippen molar-refractivity contribution < 1.29 is 9.69 Å². The minimum absolute atomic E-state index is 0.0526. The van der Waals surface area contributed by atoms with E-state index in [1.54, 1.807) is 11.3 Å². The molecule has 3 rings (SSSR count). The maximum atomic E-state index is 12.6. The second kappa shape index (κ2) is 8.60. The van der Waals surface area contributed by atoms with Gasteiger partial charge in [-0.15, -0.1) is 11.3 Å². The third-order valence-corrected chi connectivity index (χ3v) is 5.08. The van der Waals surface area contributed by atoms with Gasteiger partial charge in [-0.3, -0.25) is 4.79 Å². The number of hydrogen-bond acceptors (Lipinski definition) is 2. The summed E-state index contributed by atoms with van der Waals surface area (Å²) in [6, 6.07) is 22.3.